The molecular formula is C43H64N2O5S. The fourth-order valence-electron chi connectivity index (χ4n) is 14.2. The third-order valence-corrected chi connectivity index (χ3v) is 18.6. The predicted molar refractivity (Wildman–Crippen MR) is 205 cm³/mol. The van der Waals surface area contributed by atoms with Gasteiger partial charge in [0.15, 0.2) is 9.84 Å². The minimum absolute atomic E-state index is 0.0229. The molecule has 1 saturated heterocycles. The Labute approximate surface area is 307 Å². The van der Waals surface area contributed by atoms with Gasteiger partial charge in [0.05, 0.1) is 17.1 Å². The highest BCUT2D eigenvalue weighted by atomic mass is 32.2. The number of carboxylic acid groups (broad SMARTS) is 1. The van der Waals surface area contributed by atoms with Gasteiger partial charge < -0.3 is 10.2 Å². The number of hydrogen-bond acceptors (Lipinski definition) is 6. The van der Waals surface area contributed by atoms with E-state index >= 15 is 0 Å². The molecule has 1 heterocycles. The van der Waals surface area contributed by atoms with Crippen LogP contribution in [0.2, 0.25) is 0 Å². The summed E-state index contributed by atoms with van der Waals surface area (Å²) < 4.78 is 24.4. The number of aromatic carboxylic acids is 1. The average molecular weight is 721 g/mol. The lowest BCUT2D eigenvalue weighted by Crippen LogP contribution is -2.69. The number of carbonyl (C=O) groups is 1. The van der Waals surface area contributed by atoms with Crippen LogP contribution in [-0.4, -0.2) is 72.4 Å². The number of fused-ring (bicyclic) bond motifs is 7. The monoisotopic (exact) mass is 720 g/mol. The first-order valence-electron chi connectivity index (χ1n) is 19.8. The summed E-state index contributed by atoms with van der Waals surface area (Å²) in [4.78, 5) is 13.6. The number of allylic oxidation sites excluding steroid dienone is 3. The van der Waals surface area contributed by atoms with Gasteiger partial charge in [0.2, 0.25) is 0 Å². The highest BCUT2D eigenvalue weighted by Gasteiger charge is 2.70. The van der Waals surface area contributed by atoms with Crippen LogP contribution in [0.3, 0.4) is 0 Å². The van der Waals surface area contributed by atoms with Crippen LogP contribution in [0.5, 0.6) is 0 Å². The summed E-state index contributed by atoms with van der Waals surface area (Å²) >= 11 is 0. The first-order chi connectivity index (χ1) is 23.8. The van der Waals surface area contributed by atoms with E-state index in [-0.39, 0.29) is 44.7 Å². The highest BCUT2D eigenvalue weighted by molar-refractivity contribution is 7.91. The molecule has 11 unspecified atom stereocenters. The number of nitrogens with one attached hydrogen (secondary N) is 1. The fourth-order valence-corrected chi connectivity index (χ4v) is 16.0. The van der Waals surface area contributed by atoms with Crippen molar-refractivity contribution in [3.05, 3.63) is 53.6 Å². The molecule has 6 aliphatic rings. The maximum Gasteiger partial charge on any atom is 0.335 e. The lowest BCUT2D eigenvalue weighted by atomic mass is 9.33. The number of aliphatic hydroxyl groups is 1. The van der Waals surface area contributed by atoms with Crippen molar-refractivity contribution in [2.24, 2.45) is 51.2 Å². The maximum atomic E-state index is 12.2. The maximum absolute atomic E-state index is 12.2. The van der Waals surface area contributed by atoms with Crippen LogP contribution in [0.4, 0.5) is 0 Å². The largest absolute Gasteiger partial charge is 0.478 e. The molecule has 51 heavy (non-hydrogen) atoms. The van der Waals surface area contributed by atoms with Crippen LogP contribution in [0.15, 0.2) is 42.5 Å². The van der Waals surface area contributed by atoms with E-state index in [1.165, 1.54) is 36.8 Å². The van der Waals surface area contributed by atoms with E-state index in [0.717, 1.165) is 37.7 Å². The minimum atomic E-state index is -2.98. The van der Waals surface area contributed by atoms with Crippen LogP contribution in [0, 0.1) is 51.2 Å². The first kappa shape index (κ1) is 37.3. The number of rotatable bonds is 8. The Hall–Kier alpha value is -2.00. The number of hydrogen-bond donors (Lipinski definition) is 3. The van der Waals surface area contributed by atoms with Gasteiger partial charge in [0.25, 0.3) is 0 Å². The second-order valence-corrected chi connectivity index (χ2v) is 21.7. The van der Waals surface area contributed by atoms with E-state index in [0.29, 0.717) is 48.1 Å². The standard InChI is InChI=1S/C43H64N2O5S/c1-27(2)31-15-21-43(44-36(46)25-45(8)30-18-24-51(49,50)26-30)23-22-41(6)33(37(31)43)13-14-35-40(5)19-16-32(28-9-11-29(12-10-28)38(47)48)39(3,4)34(40)17-20-42(35,41)7/h9-12,16,30-31,33-37,44,46H,1,13-15,17-26H2,2-8H3,(H,47,48). The first-order valence-corrected chi connectivity index (χ1v) is 21.7. The number of sulfone groups is 1. The zero-order valence-electron chi connectivity index (χ0n) is 32.3. The van der Waals surface area contributed by atoms with Gasteiger partial charge in [-0.05, 0) is 153 Å². The normalized spacial score (nSPS) is 43.0. The van der Waals surface area contributed by atoms with Crippen molar-refractivity contribution < 1.29 is 23.4 Å². The molecule has 5 fully saturated rings. The quantitative estimate of drug-likeness (QED) is 0.186. The third-order valence-electron chi connectivity index (χ3n) is 16.8. The Morgan fingerprint density at radius 2 is 1.67 bits per heavy atom. The summed E-state index contributed by atoms with van der Waals surface area (Å²) in [5.41, 5.74) is 4.54. The van der Waals surface area contributed by atoms with Gasteiger partial charge in [0, 0.05) is 18.1 Å². The Bertz CT molecular complexity index is 1700. The van der Waals surface area contributed by atoms with Crippen molar-refractivity contribution in [3.8, 4) is 0 Å². The van der Waals surface area contributed by atoms with Crippen molar-refractivity contribution in [1.82, 2.24) is 10.2 Å². The second-order valence-electron chi connectivity index (χ2n) is 19.4. The molecule has 282 valence electrons. The molecule has 8 heteroatoms. The van der Waals surface area contributed by atoms with Crippen molar-refractivity contribution in [1.29, 1.82) is 0 Å². The van der Waals surface area contributed by atoms with Crippen LogP contribution < -0.4 is 5.32 Å². The van der Waals surface area contributed by atoms with Gasteiger partial charge in [0.1, 0.15) is 6.23 Å². The van der Waals surface area contributed by atoms with Crippen LogP contribution in [0.1, 0.15) is 122 Å². The molecule has 0 aromatic heterocycles. The summed E-state index contributed by atoms with van der Waals surface area (Å²) in [5, 5.41) is 25.0. The highest BCUT2D eigenvalue weighted by Crippen LogP contribution is 2.76. The van der Waals surface area contributed by atoms with E-state index in [1.54, 1.807) is 12.1 Å². The molecular weight excluding hydrogens is 657 g/mol. The van der Waals surface area contributed by atoms with Crippen molar-refractivity contribution in [2.45, 2.75) is 124 Å². The smallest absolute Gasteiger partial charge is 0.335 e. The molecule has 7 nitrogen and oxygen atoms in total. The van der Waals surface area contributed by atoms with Gasteiger partial charge in [-0.3, -0.25) is 10.2 Å². The van der Waals surface area contributed by atoms with E-state index in [1.807, 2.05) is 19.2 Å². The van der Waals surface area contributed by atoms with Gasteiger partial charge >= 0.3 is 5.97 Å². The van der Waals surface area contributed by atoms with Gasteiger partial charge in [-0.1, -0.05) is 65.0 Å². The number of aliphatic hydroxyl groups excluding tert-OH is 1. The van der Waals surface area contributed by atoms with E-state index in [4.69, 9.17) is 0 Å². The molecule has 1 aromatic carbocycles. The summed E-state index contributed by atoms with van der Waals surface area (Å²) in [6.45, 7) is 20.0. The molecule has 0 spiro atoms. The number of likely N-dealkylation sites (N-methyl/N-ethyl adjacent to an activating group) is 1. The van der Waals surface area contributed by atoms with E-state index in [2.05, 4.69) is 64.4 Å². The zero-order chi connectivity index (χ0) is 36.9. The summed E-state index contributed by atoms with van der Waals surface area (Å²) in [6.07, 6.45) is 12.7. The van der Waals surface area contributed by atoms with Crippen LogP contribution >= 0.6 is 0 Å². The molecule has 5 aliphatic carbocycles. The zero-order valence-corrected chi connectivity index (χ0v) is 33.1. The van der Waals surface area contributed by atoms with Crippen molar-refractivity contribution in [2.75, 3.05) is 25.1 Å². The molecule has 11 atom stereocenters. The lowest BCUT2D eigenvalue weighted by Gasteiger charge is -2.72. The predicted octanol–water partition coefficient (Wildman–Crippen LogP) is 7.82. The molecule has 7 rings (SSSR count). The average Bonchev–Trinajstić information content (AvgIpc) is 3.61. The summed E-state index contributed by atoms with van der Waals surface area (Å²) in [5.74, 6) is 2.12. The molecule has 1 aliphatic heterocycles. The van der Waals surface area contributed by atoms with Crippen LogP contribution in [0.25, 0.3) is 5.57 Å². The van der Waals surface area contributed by atoms with E-state index in [9.17, 15) is 23.4 Å². The molecule has 0 bridgehead atoms. The topological polar surface area (TPSA) is 107 Å². The summed E-state index contributed by atoms with van der Waals surface area (Å²) in [7, 11) is -1.02. The Balaban J connectivity index is 1.16. The Morgan fingerprint density at radius 1 is 0.961 bits per heavy atom. The second kappa shape index (κ2) is 12.5. The fraction of sp³-hybridized carbons (Fsp3) is 0.744. The number of carboxylic acids is 1. The van der Waals surface area contributed by atoms with Gasteiger partial charge in [-0.25, -0.2) is 13.2 Å². The van der Waals surface area contributed by atoms with Gasteiger partial charge in [-0.15, -0.1) is 0 Å². The molecule has 4 saturated carbocycles. The number of benzene rings is 1. The van der Waals surface area contributed by atoms with Gasteiger partial charge in [-0.2, -0.15) is 0 Å². The molecule has 1 aromatic rings. The SMILES string of the molecule is C=C(C)C1CCC2(NC(O)CN(C)C3CCS(=O)(=O)C3)CCC3(C)C(CCC4C5(C)CC=C(c6ccc(C(=O)O)cc6)C(C)(C)C5CCC43C)C12. The summed E-state index contributed by atoms with van der Waals surface area (Å²) in [6, 6.07) is 7.49. The lowest BCUT2D eigenvalue weighted by molar-refractivity contribution is -0.221. The molecule has 3 N–H and O–H groups in total. The number of nitrogens with zero attached hydrogens (tertiary/aromatic N) is 1. The van der Waals surface area contributed by atoms with Crippen LogP contribution in [-0.2, 0) is 9.84 Å². The molecule has 0 amide bonds. The Kier molecular flexibility index (Phi) is 9.17. The van der Waals surface area contributed by atoms with E-state index < -0.39 is 22.0 Å². The Morgan fingerprint density at radius 3 is 2.29 bits per heavy atom. The van der Waals surface area contributed by atoms with Crippen molar-refractivity contribution in [3.63, 3.8) is 0 Å². The molecule has 0 radical (unpaired) electrons. The van der Waals surface area contributed by atoms with Crippen molar-refractivity contribution >= 4 is 21.4 Å². The third kappa shape index (κ3) is 5.74. The minimum Gasteiger partial charge on any atom is -0.478 e.